The van der Waals surface area contributed by atoms with Crippen molar-refractivity contribution < 1.29 is 18.5 Å². The van der Waals surface area contributed by atoms with Crippen molar-refractivity contribution in [3.05, 3.63) is 218 Å². The molecule has 2 atom stereocenters. The second kappa shape index (κ2) is 42.8. The van der Waals surface area contributed by atoms with Crippen LogP contribution in [0.15, 0.2) is 152 Å². The molecule has 0 aromatic heterocycles. The van der Waals surface area contributed by atoms with Crippen molar-refractivity contribution >= 4 is 22.0 Å². The minimum atomic E-state index is -1.95. The average molecular weight is 921 g/mol. The van der Waals surface area contributed by atoms with E-state index in [0.717, 1.165) is 22.3 Å². The van der Waals surface area contributed by atoms with Gasteiger partial charge in [-0.3, -0.25) is 0 Å². The molecule has 0 nitrogen and oxygen atoms in total. The molecule has 0 N–H and O–H groups in total. The zero-order valence-corrected chi connectivity index (χ0v) is 40.1. The molecular weight excluding hydrogens is 813 g/mol. The summed E-state index contributed by atoms with van der Waals surface area (Å²) in [6.45, 7) is 23.4. The van der Waals surface area contributed by atoms with E-state index < -0.39 is 19.1 Å². The maximum Gasteiger partial charge on any atom is 0.0316 e. The Morgan fingerprint density at radius 2 is 0.887 bits per heavy atom. The van der Waals surface area contributed by atoms with E-state index >= 15 is 0 Å². The highest BCUT2D eigenvalue weighted by Crippen LogP contribution is 2.08. The largest absolute Gasteiger partial charge is 0.101 e. The van der Waals surface area contributed by atoms with E-state index in [0.29, 0.717) is 5.56 Å². The number of hydrogen-bond donors (Lipinski definition) is 0. The summed E-state index contributed by atoms with van der Waals surface area (Å²) in [6, 6.07) is 48.3. The third kappa shape index (κ3) is 35.8. The van der Waals surface area contributed by atoms with E-state index in [1.807, 2.05) is 76.0 Å². The predicted molar refractivity (Wildman–Crippen MR) is 300 cm³/mol. The van der Waals surface area contributed by atoms with Gasteiger partial charge in [0.1, 0.15) is 0 Å². The summed E-state index contributed by atoms with van der Waals surface area (Å²) in [7, 11) is 1.25. The van der Waals surface area contributed by atoms with Crippen LogP contribution in [0.5, 0.6) is 0 Å². The van der Waals surface area contributed by atoms with Crippen molar-refractivity contribution in [3.8, 4) is 11.8 Å². The van der Waals surface area contributed by atoms with Crippen molar-refractivity contribution in [1.82, 2.24) is 0 Å². The van der Waals surface area contributed by atoms with Crippen LogP contribution in [0.3, 0.4) is 0 Å². The first-order valence-corrected chi connectivity index (χ1v) is 21.3. The number of halogens is 1. The van der Waals surface area contributed by atoms with Crippen LogP contribution in [-0.4, -0.2) is 5.83 Å². The molecule has 0 aliphatic carbocycles. The fraction of sp³-hybridized carbons (Fsp3) is 0.344. The molecule has 62 heavy (non-hydrogen) atoms. The van der Waals surface area contributed by atoms with Gasteiger partial charge < -0.3 is 0 Å². The summed E-state index contributed by atoms with van der Waals surface area (Å²) >= 11 is 2.94. The molecule has 2 unspecified atom stereocenters. The monoisotopic (exact) mass is 920 g/mol. The molecule has 0 amide bonds. The zero-order valence-electron chi connectivity index (χ0n) is 51.5. The fourth-order valence-electron chi connectivity index (χ4n) is 5.28. The number of allylic oxidation sites excluding steroid dienone is 1. The Morgan fingerprint density at radius 3 is 1.23 bits per heavy atom. The van der Waals surface area contributed by atoms with Crippen molar-refractivity contribution in [2.75, 3.05) is 5.83 Å². The van der Waals surface area contributed by atoms with Crippen LogP contribution in [0.4, 0.5) is 0 Å². The standard InChI is InChI=1S/2C10H14.C10H12.C10H10.2C8H10.CH3Br.4CH4.3H2/c4*1-3-5-10-7-4-6-9(2)8-10;2*1-7-4-3-5-8(2)6-7;1-2;;;;;;;/h2*4,6-8H,3,5H2,1-2H3;3-8H,1-2H3;4,6-8H,1-2H3;2*3-6H,1-2H3;1H3;4*1H4;3*1H/b;;5-3+;;;;;;;;;;;/i3D2,5D2;3D,5D;;;;;;1D;;;;3*1+1D. The average Bonchev–Trinajstić information content (AvgIpc) is 3.35. The van der Waals surface area contributed by atoms with Gasteiger partial charge in [0.25, 0.3) is 0 Å². The van der Waals surface area contributed by atoms with Gasteiger partial charge in [-0.2, -0.15) is 0 Å². The van der Waals surface area contributed by atoms with Gasteiger partial charge in [0.2, 0.25) is 0 Å². The Kier molecular flexibility index (Phi) is 32.2. The molecular formula is C61H95Br. The SMILES string of the molecule is C.C.C.C/C=C/c1cccc(C)c1.CBr.CC#Cc1cccc(C)c1.Cc1cccc(C)c1.Cc1cccc(C)c1.[2H]C.[2H]C(C)C([2H])c1cccc(C)c1.[2H]C([2H])(C)C([2H])([2H])c1cccc(C)c1.[2H][2H].[2H][2H].[2H][2H]. The molecule has 0 saturated heterocycles. The van der Waals surface area contributed by atoms with Gasteiger partial charge >= 0.3 is 0 Å². The van der Waals surface area contributed by atoms with Gasteiger partial charge in [0, 0.05) is 24.1 Å². The van der Waals surface area contributed by atoms with Crippen LogP contribution < -0.4 is 0 Å². The van der Waals surface area contributed by atoms with Gasteiger partial charge in [-0.15, -0.1) is 5.92 Å². The van der Waals surface area contributed by atoms with E-state index in [1.54, 1.807) is 25.1 Å². The van der Waals surface area contributed by atoms with E-state index in [4.69, 9.17) is 18.5 Å². The Morgan fingerprint density at radius 1 is 0.532 bits per heavy atom. The molecule has 0 bridgehead atoms. The van der Waals surface area contributed by atoms with Crippen molar-refractivity contribution in [2.45, 2.75) is 138 Å². The molecule has 0 fully saturated rings. The Bertz CT molecular complexity index is 2240. The predicted octanol–water partition coefficient (Wildman–Crippen LogP) is 20.2. The quantitative estimate of drug-likeness (QED) is 0.119. The lowest BCUT2D eigenvalue weighted by atomic mass is 10.1. The van der Waals surface area contributed by atoms with Crippen LogP contribution >= 0.6 is 15.9 Å². The zero-order chi connectivity index (χ0) is 56.9. The highest BCUT2D eigenvalue weighted by molar-refractivity contribution is 9.08. The number of aryl methyl sites for hydroxylation is 10. The first-order valence-electron chi connectivity index (χ1n) is 26.9. The summed E-state index contributed by atoms with van der Waals surface area (Å²) in [5.74, 6) is 7.67. The summed E-state index contributed by atoms with van der Waals surface area (Å²) in [6.07, 6.45) is -0.432. The third-order valence-corrected chi connectivity index (χ3v) is 7.72. The smallest absolute Gasteiger partial charge is 0.0316 e. The Balaban J connectivity index is -0.000000116. The van der Waals surface area contributed by atoms with Gasteiger partial charge in [-0.1, -0.05) is 263 Å². The fourth-order valence-corrected chi connectivity index (χ4v) is 5.28. The van der Waals surface area contributed by atoms with Gasteiger partial charge in [0.05, 0.1) is 0 Å². The van der Waals surface area contributed by atoms with E-state index in [-0.39, 0.29) is 28.7 Å². The number of rotatable bonds is 5. The van der Waals surface area contributed by atoms with Crippen LogP contribution in [0, 0.1) is 67.2 Å². The highest BCUT2D eigenvalue weighted by atomic mass is 79.9. The normalized spacial score (nSPS) is 12.1. The third-order valence-electron chi connectivity index (χ3n) is 7.72. The van der Waals surface area contributed by atoms with Crippen molar-refractivity contribution in [3.63, 3.8) is 0 Å². The maximum atomic E-state index is 7.71. The van der Waals surface area contributed by atoms with Crippen LogP contribution in [0.2, 0.25) is 0 Å². The van der Waals surface area contributed by atoms with E-state index in [9.17, 15) is 0 Å². The van der Waals surface area contributed by atoms with Crippen molar-refractivity contribution in [2.24, 2.45) is 0 Å². The topological polar surface area (TPSA) is 0 Å². The van der Waals surface area contributed by atoms with Crippen molar-refractivity contribution in [1.29, 1.82) is 0 Å². The van der Waals surface area contributed by atoms with E-state index in [2.05, 4.69) is 166 Å². The van der Waals surface area contributed by atoms with E-state index in [1.165, 1.54) is 53.3 Å². The molecule has 0 aliphatic heterocycles. The second-order valence-corrected chi connectivity index (χ2v) is 13.6. The van der Waals surface area contributed by atoms with Crippen LogP contribution in [0.25, 0.3) is 6.08 Å². The molecule has 0 aliphatic rings. The first kappa shape index (κ1) is 46.6. The van der Waals surface area contributed by atoms with Gasteiger partial charge in [-0.25, -0.2) is 0 Å². The van der Waals surface area contributed by atoms with Gasteiger partial charge in [-0.05, 0) is 122 Å². The lowest BCUT2D eigenvalue weighted by molar-refractivity contribution is 0.920. The molecule has 6 aromatic rings. The summed E-state index contributed by atoms with van der Waals surface area (Å²) in [4.78, 5) is 0. The summed E-state index contributed by atoms with van der Waals surface area (Å²) in [5.41, 5.74) is 13.7. The molecule has 6 aromatic carbocycles. The molecule has 1 heteroatoms. The molecule has 0 radical (unpaired) electrons. The molecule has 0 saturated carbocycles. The minimum Gasteiger partial charge on any atom is -0.101 e. The summed E-state index contributed by atoms with van der Waals surface area (Å²) < 4.78 is 81.1. The Labute approximate surface area is 413 Å². The Hall–Kier alpha value is -4.90. The molecule has 346 valence electrons. The molecule has 0 heterocycles. The second-order valence-electron chi connectivity index (χ2n) is 13.6. The number of hydrogen-bond acceptors (Lipinski definition) is 0. The first-order chi connectivity index (χ1) is 34.1. The molecule has 6 rings (SSSR count). The van der Waals surface area contributed by atoms with Crippen LogP contribution in [0.1, 0.15) is 155 Å². The summed E-state index contributed by atoms with van der Waals surface area (Å²) in [5, 5.41) is 0. The van der Waals surface area contributed by atoms with Gasteiger partial charge in [0.15, 0.2) is 0 Å². The highest BCUT2D eigenvalue weighted by Gasteiger charge is 1.90. The number of benzene rings is 6. The lowest BCUT2D eigenvalue weighted by Gasteiger charge is -1.98. The van der Waals surface area contributed by atoms with Crippen LogP contribution in [-0.2, 0) is 12.8 Å². The lowest BCUT2D eigenvalue weighted by Crippen LogP contribution is -1.82. The minimum absolute atomic E-state index is 0. The molecule has 0 spiro atoms. The number of alkyl halides is 1. The maximum absolute atomic E-state index is 7.71.